The number of unbranched alkanes of at least 4 members (excludes halogenated alkanes) is 1. The number of rotatable bonds is 9. The number of allylic oxidation sites excluding steroid dienone is 1. The van der Waals surface area contributed by atoms with Crippen LogP contribution < -0.4 is 0 Å². The predicted octanol–water partition coefficient (Wildman–Crippen LogP) is 2.78. The summed E-state index contributed by atoms with van der Waals surface area (Å²) in [6, 6.07) is 0. The first kappa shape index (κ1) is 16.1. The first-order valence-electron chi connectivity index (χ1n) is 6.21. The van der Waals surface area contributed by atoms with Crippen molar-refractivity contribution < 1.29 is 19.0 Å². The summed E-state index contributed by atoms with van der Waals surface area (Å²) in [6.07, 6.45) is 4.90. The minimum absolute atomic E-state index is 0.131. The Morgan fingerprint density at radius 3 is 2.76 bits per heavy atom. The second-order valence-electron chi connectivity index (χ2n) is 4.14. The third-order valence-electron chi connectivity index (χ3n) is 2.37. The van der Waals surface area contributed by atoms with Gasteiger partial charge in [-0.3, -0.25) is 0 Å². The summed E-state index contributed by atoms with van der Waals surface area (Å²) in [7, 11) is 0. The summed E-state index contributed by atoms with van der Waals surface area (Å²) >= 11 is 0. The number of aliphatic hydroxyl groups excluding tert-OH is 1. The Kier molecular flexibility index (Phi) is 9.72. The van der Waals surface area contributed by atoms with E-state index in [4.69, 9.17) is 9.84 Å². The van der Waals surface area contributed by atoms with Crippen LogP contribution >= 0.6 is 0 Å². The SMILES string of the molecule is CCC(F)CCOC(=O)/C=C/CCCC(C)O. The van der Waals surface area contributed by atoms with Crippen LogP contribution in [-0.2, 0) is 9.53 Å². The fraction of sp³-hybridized carbons (Fsp3) is 0.769. The van der Waals surface area contributed by atoms with E-state index < -0.39 is 12.1 Å². The zero-order valence-corrected chi connectivity index (χ0v) is 10.7. The molecule has 0 aromatic carbocycles. The van der Waals surface area contributed by atoms with Crippen molar-refractivity contribution in [2.75, 3.05) is 6.61 Å². The van der Waals surface area contributed by atoms with Crippen molar-refractivity contribution in [1.82, 2.24) is 0 Å². The maximum Gasteiger partial charge on any atom is 0.330 e. The average molecular weight is 246 g/mol. The van der Waals surface area contributed by atoms with Crippen LogP contribution in [0.25, 0.3) is 0 Å². The van der Waals surface area contributed by atoms with Gasteiger partial charge in [0.2, 0.25) is 0 Å². The van der Waals surface area contributed by atoms with Gasteiger partial charge in [0.05, 0.1) is 12.7 Å². The van der Waals surface area contributed by atoms with Gasteiger partial charge < -0.3 is 9.84 Å². The number of ether oxygens (including phenoxy) is 1. The highest BCUT2D eigenvalue weighted by Crippen LogP contribution is 2.03. The molecule has 0 radical (unpaired) electrons. The molecule has 0 aliphatic carbocycles. The number of halogens is 1. The molecule has 0 amide bonds. The second-order valence-corrected chi connectivity index (χ2v) is 4.14. The van der Waals surface area contributed by atoms with Crippen molar-refractivity contribution in [3.63, 3.8) is 0 Å². The Balaban J connectivity index is 3.48. The molecule has 1 N–H and O–H groups in total. The fourth-order valence-corrected chi connectivity index (χ4v) is 1.25. The quantitative estimate of drug-likeness (QED) is 0.386. The second kappa shape index (κ2) is 10.3. The zero-order valence-electron chi connectivity index (χ0n) is 10.7. The molecule has 3 nitrogen and oxygen atoms in total. The van der Waals surface area contributed by atoms with Gasteiger partial charge in [0.25, 0.3) is 0 Å². The van der Waals surface area contributed by atoms with Crippen LogP contribution in [0.4, 0.5) is 4.39 Å². The highest BCUT2D eigenvalue weighted by atomic mass is 19.1. The number of alkyl halides is 1. The molecule has 0 spiro atoms. The molecule has 0 aliphatic heterocycles. The number of carbonyl (C=O) groups is 1. The summed E-state index contributed by atoms with van der Waals surface area (Å²) in [5, 5.41) is 9.00. The van der Waals surface area contributed by atoms with Crippen molar-refractivity contribution in [2.24, 2.45) is 0 Å². The molecule has 0 rings (SSSR count). The minimum Gasteiger partial charge on any atom is -0.462 e. The number of hydrogen-bond acceptors (Lipinski definition) is 3. The van der Waals surface area contributed by atoms with Crippen LogP contribution in [0.15, 0.2) is 12.2 Å². The Morgan fingerprint density at radius 1 is 1.47 bits per heavy atom. The summed E-state index contributed by atoms with van der Waals surface area (Å²) in [6.45, 7) is 3.62. The summed E-state index contributed by atoms with van der Waals surface area (Å²) in [5.74, 6) is -0.426. The molecule has 0 fully saturated rings. The van der Waals surface area contributed by atoms with E-state index in [1.165, 1.54) is 6.08 Å². The van der Waals surface area contributed by atoms with Gasteiger partial charge in [-0.2, -0.15) is 0 Å². The molecule has 2 unspecified atom stereocenters. The molecule has 0 saturated carbocycles. The lowest BCUT2D eigenvalue weighted by atomic mass is 10.2. The van der Waals surface area contributed by atoms with Crippen LogP contribution in [0.1, 0.15) is 46.0 Å². The number of esters is 1. The maximum atomic E-state index is 12.8. The Morgan fingerprint density at radius 2 is 2.18 bits per heavy atom. The van der Waals surface area contributed by atoms with E-state index in [9.17, 15) is 9.18 Å². The van der Waals surface area contributed by atoms with Gasteiger partial charge >= 0.3 is 5.97 Å². The first-order valence-corrected chi connectivity index (χ1v) is 6.21. The monoisotopic (exact) mass is 246 g/mol. The van der Waals surface area contributed by atoms with Gasteiger partial charge in [-0.1, -0.05) is 13.0 Å². The topological polar surface area (TPSA) is 46.5 Å². The van der Waals surface area contributed by atoms with Gasteiger partial charge in [-0.15, -0.1) is 0 Å². The standard InChI is InChI=1S/C13H23FO3/c1-3-12(14)9-10-17-13(16)8-6-4-5-7-11(2)15/h6,8,11-12,15H,3-5,7,9-10H2,1-2H3/b8-6+. The third kappa shape index (κ3) is 11.4. The number of aliphatic hydroxyl groups is 1. The number of hydrogen-bond donors (Lipinski definition) is 1. The van der Waals surface area contributed by atoms with E-state index >= 15 is 0 Å². The molecular weight excluding hydrogens is 223 g/mol. The first-order chi connectivity index (χ1) is 8.06. The Bertz CT molecular complexity index is 227. The number of carbonyl (C=O) groups excluding carboxylic acids is 1. The van der Waals surface area contributed by atoms with E-state index in [1.54, 1.807) is 19.9 Å². The molecule has 0 aliphatic rings. The lowest BCUT2D eigenvalue weighted by molar-refractivity contribution is -0.138. The van der Waals surface area contributed by atoms with Crippen molar-refractivity contribution in [3.05, 3.63) is 12.2 Å². The van der Waals surface area contributed by atoms with Crippen molar-refractivity contribution in [3.8, 4) is 0 Å². The lowest BCUT2D eigenvalue weighted by Gasteiger charge is -2.04. The predicted molar refractivity (Wildman–Crippen MR) is 65.4 cm³/mol. The molecule has 100 valence electrons. The van der Waals surface area contributed by atoms with Crippen LogP contribution in [0.3, 0.4) is 0 Å². The molecule has 0 bridgehead atoms. The lowest BCUT2D eigenvalue weighted by Crippen LogP contribution is -2.08. The van der Waals surface area contributed by atoms with Crippen LogP contribution in [0.2, 0.25) is 0 Å². The van der Waals surface area contributed by atoms with Crippen LogP contribution in [0, 0.1) is 0 Å². The van der Waals surface area contributed by atoms with E-state index in [2.05, 4.69) is 0 Å². The summed E-state index contributed by atoms with van der Waals surface area (Å²) < 4.78 is 17.6. The van der Waals surface area contributed by atoms with Gasteiger partial charge in [0, 0.05) is 12.5 Å². The van der Waals surface area contributed by atoms with Crippen molar-refractivity contribution in [2.45, 2.75) is 58.2 Å². The molecule has 17 heavy (non-hydrogen) atoms. The fourth-order valence-electron chi connectivity index (χ4n) is 1.25. The largest absolute Gasteiger partial charge is 0.462 e. The highest BCUT2D eigenvalue weighted by molar-refractivity contribution is 5.81. The molecule has 0 aromatic heterocycles. The molecule has 2 atom stereocenters. The third-order valence-corrected chi connectivity index (χ3v) is 2.37. The van der Waals surface area contributed by atoms with Crippen LogP contribution in [-0.4, -0.2) is 30.0 Å². The van der Waals surface area contributed by atoms with Gasteiger partial charge in [0.15, 0.2) is 0 Å². The molecule has 0 aromatic rings. The molecule has 0 saturated heterocycles. The van der Waals surface area contributed by atoms with E-state index in [0.717, 1.165) is 19.3 Å². The van der Waals surface area contributed by atoms with E-state index in [0.29, 0.717) is 6.42 Å². The molecule has 4 heteroatoms. The minimum atomic E-state index is -0.891. The Labute approximate surface area is 103 Å². The average Bonchev–Trinajstić information content (AvgIpc) is 2.27. The van der Waals surface area contributed by atoms with E-state index in [-0.39, 0.29) is 19.1 Å². The van der Waals surface area contributed by atoms with Gasteiger partial charge in [0.1, 0.15) is 6.17 Å². The Hall–Kier alpha value is -0.900. The zero-order chi connectivity index (χ0) is 13.1. The summed E-state index contributed by atoms with van der Waals surface area (Å²) in [4.78, 5) is 11.1. The van der Waals surface area contributed by atoms with Crippen LogP contribution in [0.5, 0.6) is 0 Å². The maximum absolute atomic E-state index is 12.8. The normalized spacial score (nSPS) is 14.8. The van der Waals surface area contributed by atoms with Gasteiger partial charge in [-0.05, 0) is 32.6 Å². The van der Waals surface area contributed by atoms with Crippen molar-refractivity contribution in [1.29, 1.82) is 0 Å². The van der Waals surface area contributed by atoms with Crippen molar-refractivity contribution >= 4 is 5.97 Å². The molecular formula is C13H23FO3. The summed E-state index contributed by atoms with van der Waals surface area (Å²) in [5.41, 5.74) is 0. The van der Waals surface area contributed by atoms with Gasteiger partial charge in [-0.25, -0.2) is 9.18 Å². The van der Waals surface area contributed by atoms with E-state index in [1.807, 2.05) is 0 Å². The molecule has 0 heterocycles. The smallest absolute Gasteiger partial charge is 0.330 e. The highest BCUT2D eigenvalue weighted by Gasteiger charge is 2.04.